The number of nitrogens with zero attached hydrogens (tertiary/aromatic N) is 2. The van der Waals surface area contributed by atoms with Crippen molar-refractivity contribution in [2.24, 2.45) is 0 Å². The molecule has 1 aliphatic heterocycles. The highest BCUT2D eigenvalue weighted by Gasteiger charge is 2.18. The van der Waals surface area contributed by atoms with Gasteiger partial charge in [0, 0.05) is 18.7 Å². The molecule has 1 fully saturated rings. The Kier molecular flexibility index (Phi) is 4.16. The van der Waals surface area contributed by atoms with Crippen LogP contribution in [0, 0.1) is 23.2 Å². The molecule has 86 valence electrons. The zero-order valence-corrected chi connectivity index (χ0v) is 9.60. The molecule has 0 bridgehead atoms. The molecule has 3 heteroatoms. The minimum atomic E-state index is -0.303. The van der Waals surface area contributed by atoms with Crippen molar-refractivity contribution in [2.45, 2.75) is 6.10 Å². The second kappa shape index (κ2) is 6.06. The monoisotopic (exact) mass is 226 g/mol. The van der Waals surface area contributed by atoms with Gasteiger partial charge in [-0.15, -0.1) is 0 Å². The molecule has 3 nitrogen and oxygen atoms in total. The van der Waals surface area contributed by atoms with Gasteiger partial charge >= 0.3 is 0 Å². The molecular weight excluding hydrogens is 212 g/mol. The van der Waals surface area contributed by atoms with Gasteiger partial charge in [0.15, 0.2) is 6.10 Å². The first-order valence-corrected chi connectivity index (χ1v) is 5.66. The van der Waals surface area contributed by atoms with Gasteiger partial charge < -0.3 is 4.74 Å². The quantitative estimate of drug-likeness (QED) is 0.676. The molecule has 1 atom stereocenters. The summed E-state index contributed by atoms with van der Waals surface area (Å²) in [5.74, 6) is 6.24. The second-order valence-electron chi connectivity index (χ2n) is 3.89. The van der Waals surface area contributed by atoms with E-state index < -0.39 is 0 Å². The normalized spacial score (nSPS) is 20.1. The van der Waals surface area contributed by atoms with Crippen LogP contribution < -0.4 is 0 Å². The van der Waals surface area contributed by atoms with Crippen molar-refractivity contribution in [3.05, 3.63) is 35.9 Å². The first-order valence-electron chi connectivity index (χ1n) is 5.66. The molecule has 0 N–H and O–H groups in total. The van der Waals surface area contributed by atoms with Crippen LogP contribution in [-0.2, 0) is 4.74 Å². The SMILES string of the molecule is N#CC1CN(CC#Cc2ccccc2)CCO1. The Bertz CT molecular complexity index is 453. The lowest BCUT2D eigenvalue weighted by Gasteiger charge is -2.27. The molecule has 1 aliphatic rings. The molecule has 2 rings (SSSR count). The zero-order chi connectivity index (χ0) is 11.9. The summed E-state index contributed by atoms with van der Waals surface area (Å²) in [4.78, 5) is 2.15. The van der Waals surface area contributed by atoms with Gasteiger partial charge in [-0.05, 0) is 12.1 Å². The summed E-state index contributed by atoms with van der Waals surface area (Å²) >= 11 is 0. The van der Waals surface area contributed by atoms with E-state index in [0.717, 1.165) is 12.1 Å². The van der Waals surface area contributed by atoms with E-state index >= 15 is 0 Å². The van der Waals surface area contributed by atoms with Crippen molar-refractivity contribution in [1.29, 1.82) is 5.26 Å². The fraction of sp³-hybridized carbons (Fsp3) is 0.357. The highest BCUT2D eigenvalue weighted by molar-refractivity contribution is 5.33. The number of rotatable bonds is 1. The molecule has 1 saturated heterocycles. The van der Waals surface area contributed by atoms with Gasteiger partial charge in [0.2, 0.25) is 0 Å². The van der Waals surface area contributed by atoms with E-state index in [-0.39, 0.29) is 6.10 Å². The zero-order valence-electron chi connectivity index (χ0n) is 9.60. The second-order valence-corrected chi connectivity index (χ2v) is 3.89. The molecule has 1 unspecified atom stereocenters. The van der Waals surface area contributed by atoms with Crippen LogP contribution in [0.25, 0.3) is 0 Å². The van der Waals surface area contributed by atoms with Gasteiger partial charge in [0.25, 0.3) is 0 Å². The van der Waals surface area contributed by atoms with Crippen molar-refractivity contribution in [3.63, 3.8) is 0 Å². The third-order valence-electron chi connectivity index (χ3n) is 2.60. The van der Waals surface area contributed by atoms with Crippen LogP contribution in [0.4, 0.5) is 0 Å². The minimum absolute atomic E-state index is 0.303. The van der Waals surface area contributed by atoms with Crippen molar-refractivity contribution in [2.75, 3.05) is 26.2 Å². The third kappa shape index (κ3) is 3.60. The van der Waals surface area contributed by atoms with E-state index in [0.29, 0.717) is 19.7 Å². The molecule has 1 heterocycles. The molecule has 0 aromatic heterocycles. The van der Waals surface area contributed by atoms with E-state index in [1.54, 1.807) is 0 Å². The maximum atomic E-state index is 8.77. The van der Waals surface area contributed by atoms with Gasteiger partial charge in [-0.2, -0.15) is 5.26 Å². The average molecular weight is 226 g/mol. The standard InChI is InChI=1S/C14H14N2O/c15-11-14-12-16(9-10-17-14)8-4-7-13-5-2-1-3-6-13/h1-3,5-6,14H,8-10,12H2. The molecular formula is C14H14N2O. The Balaban J connectivity index is 1.87. The largest absolute Gasteiger partial charge is 0.361 e. The Morgan fingerprint density at radius 2 is 2.18 bits per heavy atom. The lowest BCUT2D eigenvalue weighted by Crippen LogP contribution is -2.41. The first-order chi connectivity index (χ1) is 8.38. The smallest absolute Gasteiger partial charge is 0.156 e. The van der Waals surface area contributed by atoms with Crippen LogP contribution in [0.15, 0.2) is 30.3 Å². The highest BCUT2D eigenvalue weighted by atomic mass is 16.5. The fourth-order valence-electron chi connectivity index (χ4n) is 1.70. The molecule has 1 aromatic rings. The van der Waals surface area contributed by atoms with E-state index in [9.17, 15) is 0 Å². The van der Waals surface area contributed by atoms with Gasteiger partial charge in [-0.1, -0.05) is 30.0 Å². The van der Waals surface area contributed by atoms with Gasteiger partial charge in [0.1, 0.15) is 0 Å². The Labute approximate surface area is 102 Å². The summed E-state index contributed by atoms with van der Waals surface area (Å²) in [5, 5.41) is 8.77. The predicted molar refractivity (Wildman–Crippen MR) is 65.1 cm³/mol. The lowest BCUT2D eigenvalue weighted by molar-refractivity contribution is 0.00592. The van der Waals surface area contributed by atoms with Crippen molar-refractivity contribution >= 4 is 0 Å². The number of ether oxygens (including phenoxy) is 1. The number of hydrogen-bond donors (Lipinski definition) is 0. The Morgan fingerprint density at radius 3 is 2.94 bits per heavy atom. The Morgan fingerprint density at radius 1 is 1.35 bits per heavy atom. The van der Waals surface area contributed by atoms with Crippen LogP contribution in [0.2, 0.25) is 0 Å². The van der Waals surface area contributed by atoms with Crippen molar-refractivity contribution in [1.82, 2.24) is 4.90 Å². The predicted octanol–water partition coefficient (Wildman–Crippen LogP) is 1.26. The Hall–Kier alpha value is -1.81. The molecule has 0 saturated carbocycles. The van der Waals surface area contributed by atoms with Crippen molar-refractivity contribution < 1.29 is 4.74 Å². The molecule has 0 aliphatic carbocycles. The summed E-state index contributed by atoms with van der Waals surface area (Å²) in [6.07, 6.45) is -0.303. The van der Waals surface area contributed by atoms with E-state index in [1.807, 2.05) is 30.3 Å². The summed E-state index contributed by atoms with van der Waals surface area (Å²) < 4.78 is 5.27. The third-order valence-corrected chi connectivity index (χ3v) is 2.60. The summed E-state index contributed by atoms with van der Waals surface area (Å²) in [7, 11) is 0. The van der Waals surface area contributed by atoms with Crippen LogP contribution >= 0.6 is 0 Å². The molecule has 0 spiro atoms. The van der Waals surface area contributed by atoms with Crippen LogP contribution in [0.3, 0.4) is 0 Å². The van der Waals surface area contributed by atoms with Gasteiger partial charge in [-0.3, -0.25) is 4.90 Å². The highest BCUT2D eigenvalue weighted by Crippen LogP contribution is 2.03. The van der Waals surface area contributed by atoms with Crippen LogP contribution in [0.5, 0.6) is 0 Å². The van der Waals surface area contributed by atoms with E-state index in [2.05, 4.69) is 22.8 Å². The van der Waals surface area contributed by atoms with E-state index in [4.69, 9.17) is 10.00 Å². The maximum Gasteiger partial charge on any atom is 0.156 e. The van der Waals surface area contributed by atoms with Crippen LogP contribution in [-0.4, -0.2) is 37.2 Å². The summed E-state index contributed by atoms with van der Waals surface area (Å²) in [6.45, 7) is 2.81. The van der Waals surface area contributed by atoms with Gasteiger partial charge in [-0.25, -0.2) is 0 Å². The number of hydrogen-bond acceptors (Lipinski definition) is 3. The summed E-state index contributed by atoms with van der Waals surface area (Å²) in [6, 6.07) is 12.0. The molecule has 1 aromatic carbocycles. The average Bonchev–Trinajstić information content (AvgIpc) is 2.40. The number of nitriles is 1. The van der Waals surface area contributed by atoms with Crippen molar-refractivity contribution in [3.8, 4) is 17.9 Å². The minimum Gasteiger partial charge on any atom is -0.361 e. The first kappa shape index (κ1) is 11.7. The van der Waals surface area contributed by atoms with Gasteiger partial charge in [0.05, 0.1) is 19.2 Å². The summed E-state index contributed by atoms with van der Waals surface area (Å²) in [5.41, 5.74) is 1.03. The van der Waals surface area contributed by atoms with E-state index in [1.165, 1.54) is 0 Å². The molecule has 0 amide bonds. The molecule has 17 heavy (non-hydrogen) atoms. The number of benzene rings is 1. The fourth-order valence-corrected chi connectivity index (χ4v) is 1.70. The van der Waals surface area contributed by atoms with Crippen LogP contribution in [0.1, 0.15) is 5.56 Å². The number of morpholine rings is 1. The maximum absolute atomic E-state index is 8.77. The lowest BCUT2D eigenvalue weighted by atomic mass is 10.2. The topological polar surface area (TPSA) is 36.3 Å². The molecule has 0 radical (unpaired) electrons.